The van der Waals surface area contributed by atoms with Crippen LogP contribution in [0.2, 0.25) is 0 Å². The Morgan fingerprint density at radius 3 is 1.65 bits per heavy atom. The maximum Gasteiger partial charge on any atom is 0.397 e. The van der Waals surface area contributed by atoms with Gasteiger partial charge in [0.1, 0.15) is 37.4 Å². The first-order valence-corrected chi connectivity index (χ1v) is 19.0. The van der Waals surface area contributed by atoms with E-state index in [9.17, 15) is 64.5 Å². The van der Waals surface area contributed by atoms with Crippen molar-refractivity contribution in [2.45, 2.75) is 19.6 Å². The smallest absolute Gasteiger partial charge is 0.396 e. The Hall–Kier alpha value is -4.13. The van der Waals surface area contributed by atoms with E-state index in [1.165, 1.54) is 0 Å². The maximum atomic E-state index is 13.8. The summed E-state index contributed by atoms with van der Waals surface area (Å²) in [5, 5.41) is 13.7. The number of hydrogen-bond donors (Lipinski definition) is 6. The van der Waals surface area contributed by atoms with Crippen molar-refractivity contribution < 1.29 is 73.3 Å². The molecule has 0 aromatic heterocycles. The molecule has 262 valence electrons. The third-order valence-electron chi connectivity index (χ3n) is 5.55. The summed E-state index contributed by atoms with van der Waals surface area (Å²) >= 11 is 0. The predicted octanol–water partition coefficient (Wildman–Crippen LogP) is 2.29. The number of nitrogen functional groups attached to an aromatic ring is 2. The summed E-state index contributed by atoms with van der Waals surface area (Å²) < 4.78 is 186. The van der Waals surface area contributed by atoms with Gasteiger partial charge in [-0.3, -0.25) is 18.2 Å². The first kappa shape index (κ1) is 38.3. The van der Waals surface area contributed by atoms with Crippen LogP contribution in [-0.2, 0) is 54.8 Å². The molecular weight excluding hydrogens is 763 g/mol. The molecule has 0 saturated heterocycles. The third kappa shape index (κ3) is 9.27. The van der Waals surface area contributed by atoms with E-state index < -0.39 is 128 Å². The monoisotopic (exact) mass is 780 g/mol. The van der Waals surface area contributed by atoms with Gasteiger partial charge in [-0.25, -0.2) is 21.4 Å². The molecule has 0 unspecified atom stereocenters. The van der Waals surface area contributed by atoms with Gasteiger partial charge in [-0.2, -0.15) is 33.7 Å². The second-order valence-corrected chi connectivity index (χ2v) is 16.2. The fourth-order valence-electron chi connectivity index (χ4n) is 3.43. The molecule has 0 atom stereocenters. The summed E-state index contributed by atoms with van der Waals surface area (Å²) in [6.45, 7) is -1.09. The van der Waals surface area contributed by atoms with Gasteiger partial charge in [0.25, 0.3) is 30.4 Å². The van der Waals surface area contributed by atoms with Gasteiger partial charge in [-0.1, -0.05) is 0 Å². The Morgan fingerprint density at radius 1 is 0.604 bits per heavy atom. The lowest BCUT2D eigenvalue weighted by Crippen LogP contribution is -2.16. The second-order valence-electron chi connectivity index (χ2n) is 8.83. The summed E-state index contributed by atoms with van der Waals surface area (Å²) in [6.07, 6.45) is 0. The van der Waals surface area contributed by atoms with Crippen molar-refractivity contribution in [1.29, 1.82) is 0 Å². The van der Waals surface area contributed by atoms with Gasteiger partial charge in [-0.05, 0) is 24.3 Å². The minimum absolute atomic E-state index is 0.0383. The van der Waals surface area contributed by atoms with Gasteiger partial charge >= 0.3 is 10.4 Å². The molecule has 0 aliphatic rings. The van der Waals surface area contributed by atoms with E-state index in [-0.39, 0.29) is 12.1 Å². The van der Waals surface area contributed by atoms with Crippen molar-refractivity contribution in [3.8, 4) is 0 Å². The first-order valence-electron chi connectivity index (χ1n) is 11.7. The van der Waals surface area contributed by atoms with Crippen LogP contribution in [0.5, 0.6) is 0 Å². The van der Waals surface area contributed by atoms with E-state index in [4.69, 9.17) is 16.0 Å². The molecule has 48 heavy (non-hydrogen) atoms. The fraction of sp³-hybridized carbons (Fsp3) is 0.100. The van der Waals surface area contributed by atoms with Crippen molar-refractivity contribution in [1.82, 2.24) is 0 Å². The number of rotatable bonds is 12. The number of nitrogens with zero attached hydrogens (tertiary/aromatic N) is 4. The number of sulfone groups is 1. The minimum atomic E-state index is -5.32. The fourth-order valence-corrected chi connectivity index (χ4v) is 6.91. The Balaban J connectivity index is 2.19. The van der Waals surface area contributed by atoms with Gasteiger partial charge in [-0.15, -0.1) is 20.5 Å². The zero-order valence-electron chi connectivity index (χ0n) is 22.9. The highest BCUT2D eigenvalue weighted by molar-refractivity contribution is 7.91. The lowest BCUT2D eigenvalue weighted by atomic mass is 10.2. The van der Waals surface area contributed by atoms with E-state index in [0.29, 0.717) is 18.2 Å². The minimum Gasteiger partial charge on any atom is -0.396 e. The van der Waals surface area contributed by atoms with Crippen LogP contribution in [0.15, 0.2) is 76.4 Å². The lowest BCUT2D eigenvalue weighted by Gasteiger charge is -2.11. The van der Waals surface area contributed by atoms with E-state index in [0.717, 1.165) is 6.07 Å². The average Bonchev–Trinajstić information content (AvgIpc) is 2.91. The predicted molar refractivity (Wildman–Crippen MR) is 155 cm³/mol. The molecule has 0 radical (unpaired) electrons. The van der Waals surface area contributed by atoms with Crippen molar-refractivity contribution in [2.75, 3.05) is 23.8 Å². The summed E-state index contributed by atoms with van der Waals surface area (Å²) in [5.74, 6) is -4.50. The highest BCUT2D eigenvalue weighted by Crippen LogP contribution is 2.44. The lowest BCUT2D eigenvalue weighted by molar-refractivity contribution is 0.284. The van der Waals surface area contributed by atoms with Crippen LogP contribution in [-0.4, -0.2) is 72.7 Å². The third-order valence-corrected chi connectivity index (χ3v) is 10.4. The molecule has 0 spiro atoms. The molecule has 3 aromatic rings. The zero-order valence-corrected chi connectivity index (χ0v) is 27.0. The Labute approximate surface area is 269 Å². The molecule has 21 nitrogen and oxygen atoms in total. The zero-order chi connectivity index (χ0) is 36.6. The molecular formula is C20H18F2N6O15S5. The molecule has 28 heteroatoms. The van der Waals surface area contributed by atoms with Crippen LogP contribution in [0.25, 0.3) is 0 Å². The molecule has 0 saturated carbocycles. The Morgan fingerprint density at radius 2 is 1.10 bits per heavy atom. The van der Waals surface area contributed by atoms with Crippen molar-refractivity contribution >= 4 is 84.7 Å². The van der Waals surface area contributed by atoms with Gasteiger partial charge in [0.2, 0.25) is 0 Å². The normalized spacial score (nSPS) is 13.5. The SMILES string of the molecule is Nc1c(N=Nc2ccc(S(=O)(=O)CCOS(=O)(=O)O)cc2S(=O)(=O)O)cc(S(=O)(=O)O)c(N)c1N=Nc1cc(F)c(F)cc1S(=O)(=O)O. The number of anilines is 2. The highest BCUT2D eigenvalue weighted by atomic mass is 32.3. The quantitative estimate of drug-likeness (QED) is 0.0872. The van der Waals surface area contributed by atoms with Crippen LogP contribution in [0.3, 0.4) is 0 Å². The van der Waals surface area contributed by atoms with Gasteiger partial charge < -0.3 is 11.5 Å². The second kappa shape index (κ2) is 13.4. The Kier molecular flexibility index (Phi) is 10.7. The number of azo groups is 2. The number of halogens is 2. The van der Waals surface area contributed by atoms with Crippen LogP contribution in [0.1, 0.15) is 0 Å². The first-order chi connectivity index (χ1) is 21.7. The highest BCUT2D eigenvalue weighted by Gasteiger charge is 2.26. The molecule has 0 aliphatic carbocycles. The summed E-state index contributed by atoms with van der Waals surface area (Å²) in [7, 11) is -25.4. The molecule has 0 amide bonds. The summed E-state index contributed by atoms with van der Waals surface area (Å²) in [4.78, 5) is -4.54. The summed E-state index contributed by atoms with van der Waals surface area (Å²) in [5.41, 5.74) is 6.27. The summed E-state index contributed by atoms with van der Waals surface area (Å²) in [6, 6.07) is 2.44. The molecule has 0 aliphatic heterocycles. The number of nitrogens with two attached hydrogens (primary N) is 2. The standard InChI is InChI=1S/C20H18F2N6O15S5/c21-10-6-13(16(7-11(10)22)46(34,35)36)26-28-20-18(23)14(8-17(19(20)24)47(37,38)39)27-25-12-2-1-9(5-15(12)45(31,32)33)44(29,30)4-3-43-48(40,41)42/h1-2,5-8H,3-4,23-24H2,(H,31,32,33)(H,34,35,36)(H,37,38,39)(H,40,41,42). The molecule has 0 fully saturated rings. The van der Waals surface area contributed by atoms with E-state index in [2.05, 4.69) is 24.6 Å². The largest absolute Gasteiger partial charge is 0.397 e. The molecule has 3 aromatic carbocycles. The van der Waals surface area contributed by atoms with E-state index in [1.807, 2.05) is 0 Å². The Bertz CT molecular complexity index is 2440. The number of hydrogen-bond acceptors (Lipinski definition) is 17. The van der Waals surface area contributed by atoms with E-state index in [1.54, 1.807) is 0 Å². The van der Waals surface area contributed by atoms with Gasteiger partial charge in [0.15, 0.2) is 21.5 Å². The molecule has 8 N–H and O–H groups in total. The molecule has 0 bridgehead atoms. The average molecular weight is 781 g/mol. The van der Waals surface area contributed by atoms with Crippen LogP contribution in [0.4, 0.5) is 42.9 Å². The van der Waals surface area contributed by atoms with Crippen molar-refractivity contribution in [3.63, 3.8) is 0 Å². The van der Waals surface area contributed by atoms with Crippen molar-refractivity contribution in [2.24, 2.45) is 20.5 Å². The van der Waals surface area contributed by atoms with Gasteiger partial charge in [0, 0.05) is 12.1 Å². The topological polar surface area (TPSA) is 362 Å². The van der Waals surface area contributed by atoms with Gasteiger partial charge in [0.05, 0.1) is 28.6 Å². The molecule has 3 rings (SSSR count). The van der Waals surface area contributed by atoms with E-state index >= 15 is 0 Å². The van der Waals surface area contributed by atoms with Crippen molar-refractivity contribution in [3.05, 3.63) is 48.0 Å². The van der Waals surface area contributed by atoms with Crippen LogP contribution in [0, 0.1) is 11.6 Å². The van der Waals surface area contributed by atoms with Crippen LogP contribution < -0.4 is 11.5 Å². The number of benzene rings is 3. The van der Waals surface area contributed by atoms with Crippen LogP contribution >= 0.6 is 0 Å². The molecule has 0 heterocycles. The maximum absolute atomic E-state index is 13.8.